The van der Waals surface area contributed by atoms with E-state index in [0.29, 0.717) is 18.9 Å². The summed E-state index contributed by atoms with van der Waals surface area (Å²) in [4.78, 5) is 0. The fourth-order valence-corrected chi connectivity index (χ4v) is 2.24. The van der Waals surface area contributed by atoms with Gasteiger partial charge in [-0.2, -0.15) is 0 Å². The highest BCUT2D eigenvalue weighted by atomic mass is 16.5. The van der Waals surface area contributed by atoms with Gasteiger partial charge in [0.25, 0.3) is 0 Å². The molecule has 0 bridgehead atoms. The van der Waals surface area contributed by atoms with Gasteiger partial charge in [0.15, 0.2) is 0 Å². The van der Waals surface area contributed by atoms with E-state index in [0.717, 1.165) is 16.9 Å². The Morgan fingerprint density at radius 3 is 2.43 bits per heavy atom. The van der Waals surface area contributed by atoms with E-state index in [9.17, 15) is 0 Å². The summed E-state index contributed by atoms with van der Waals surface area (Å²) in [6.07, 6.45) is 0. The quantitative estimate of drug-likeness (QED) is 0.569. The van der Waals surface area contributed by atoms with Crippen molar-refractivity contribution in [3.63, 3.8) is 0 Å². The molecule has 0 saturated carbocycles. The first-order valence-electron chi connectivity index (χ1n) is 6.92. The lowest BCUT2D eigenvalue weighted by Crippen LogP contribution is -2.09. The Morgan fingerprint density at radius 2 is 1.52 bits per heavy atom. The van der Waals surface area contributed by atoms with E-state index in [2.05, 4.69) is 18.2 Å². The van der Waals surface area contributed by atoms with Crippen LogP contribution in [0.15, 0.2) is 66.7 Å². The van der Waals surface area contributed by atoms with Crippen LogP contribution in [0, 0.1) is 0 Å². The van der Waals surface area contributed by atoms with Crippen LogP contribution in [-0.2, 0) is 0 Å². The number of nitrogen functional groups attached to an aromatic ring is 1. The van der Waals surface area contributed by atoms with Gasteiger partial charge in [0.1, 0.15) is 24.7 Å². The summed E-state index contributed by atoms with van der Waals surface area (Å²) in [6, 6.07) is 21.6. The number of nitrogens with two attached hydrogens (primary N) is 1. The number of fused-ring (bicyclic) bond motifs is 1. The first-order valence-corrected chi connectivity index (χ1v) is 6.92. The molecule has 2 N–H and O–H groups in total. The van der Waals surface area contributed by atoms with Gasteiger partial charge in [-0.05, 0) is 23.6 Å². The van der Waals surface area contributed by atoms with Crippen LogP contribution >= 0.6 is 0 Å². The molecular weight excluding hydrogens is 262 g/mol. The van der Waals surface area contributed by atoms with Crippen molar-refractivity contribution >= 4 is 16.5 Å². The minimum atomic E-state index is 0.479. The molecule has 21 heavy (non-hydrogen) atoms. The summed E-state index contributed by atoms with van der Waals surface area (Å²) < 4.78 is 11.4. The molecule has 0 saturated heterocycles. The Kier molecular flexibility index (Phi) is 3.92. The fraction of sp³-hybridized carbons (Fsp3) is 0.111. The molecule has 0 heterocycles. The van der Waals surface area contributed by atoms with Crippen LogP contribution < -0.4 is 15.2 Å². The summed E-state index contributed by atoms with van der Waals surface area (Å²) in [5, 5.41) is 2.29. The molecule has 0 aromatic heterocycles. The maximum absolute atomic E-state index is 5.81. The molecule has 3 heteroatoms. The van der Waals surface area contributed by atoms with Crippen molar-refractivity contribution in [2.24, 2.45) is 0 Å². The lowest BCUT2D eigenvalue weighted by Gasteiger charge is -2.10. The smallest absolute Gasteiger partial charge is 0.127 e. The zero-order valence-electron chi connectivity index (χ0n) is 11.7. The molecule has 0 radical (unpaired) electrons. The number of hydrogen-bond acceptors (Lipinski definition) is 3. The van der Waals surface area contributed by atoms with E-state index in [1.807, 2.05) is 42.5 Å². The molecule has 0 aliphatic carbocycles. The average Bonchev–Trinajstić information content (AvgIpc) is 2.52. The highest BCUT2D eigenvalue weighted by Crippen LogP contribution is 2.25. The molecule has 0 unspecified atom stereocenters. The summed E-state index contributed by atoms with van der Waals surface area (Å²) in [7, 11) is 0. The second-order valence-electron chi connectivity index (χ2n) is 4.75. The standard InChI is InChI=1S/C18H17NO2/c19-15-7-4-8-16(13-15)20-11-12-21-18-10-3-6-14-5-1-2-9-17(14)18/h1-10,13H,11-12,19H2. The van der Waals surface area contributed by atoms with Crippen LogP contribution in [0.1, 0.15) is 0 Å². The van der Waals surface area contributed by atoms with E-state index in [1.165, 1.54) is 5.39 Å². The van der Waals surface area contributed by atoms with E-state index in [4.69, 9.17) is 15.2 Å². The third-order valence-corrected chi connectivity index (χ3v) is 3.22. The predicted molar refractivity (Wildman–Crippen MR) is 85.8 cm³/mol. The molecular formula is C18H17NO2. The van der Waals surface area contributed by atoms with E-state index in [1.54, 1.807) is 6.07 Å². The van der Waals surface area contributed by atoms with Gasteiger partial charge in [-0.25, -0.2) is 0 Å². The number of hydrogen-bond donors (Lipinski definition) is 1. The molecule has 106 valence electrons. The highest BCUT2D eigenvalue weighted by Gasteiger charge is 2.01. The zero-order valence-corrected chi connectivity index (χ0v) is 11.7. The van der Waals surface area contributed by atoms with Gasteiger partial charge in [-0.3, -0.25) is 0 Å². The third-order valence-electron chi connectivity index (χ3n) is 3.22. The Morgan fingerprint density at radius 1 is 0.762 bits per heavy atom. The van der Waals surface area contributed by atoms with E-state index in [-0.39, 0.29) is 0 Å². The number of ether oxygens (including phenoxy) is 2. The van der Waals surface area contributed by atoms with Crippen molar-refractivity contribution in [1.29, 1.82) is 0 Å². The van der Waals surface area contributed by atoms with Crippen LogP contribution in [0.5, 0.6) is 11.5 Å². The van der Waals surface area contributed by atoms with E-state index < -0.39 is 0 Å². The molecule has 0 aliphatic rings. The second-order valence-corrected chi connectivity index (χ2v) is 4.75. The van der Waals surface area contributed by atoms with Crippen molar-refractivity contribution in [3.05, 3.63) is 66.7 Å². The number of anilines is 1. The van der Waals surface area contributed by atoms with Crippen molar-refractivity contribution in [3.8, 4) is 11.5 Å². The van der Waals surface area contributed by atoms with Crippen LogP contribution in [0.25, 0.3) is 10.8 Å². The average molecular weight is 279 g/mol. The van der Waals surface area contributed by atoms with Crippen LogP contribution in [0.4, 0.5) is 5.69 Å². The minimum absolute atomic E-state index is 0.479. The van der Waals surface area contributed by atoms with Gasteiger partial charge >= 0.3 is 0 Å². The first kappa shape index (κ1) is 13.3. The summed E-state index contributed by atoms with van der Waals surface area (Å²) >= 11 is 0. The SMILES string of the molecule is Nc1cccc(OCCOc2cccc3ccccc23)c1. The molecule has 0 spiro atoms. The van der Waals surface area contributed by atoms with Gasteiger partial charge in [0.05, 0.1) is 0 Å². The van der Waals surface area contributed by atoms with Crippen molar-refractivity contribution < 1.29 is 9.47 Å². The Hall–Kier alpha value is -2.68. The summed E-state index contributed by atoms with van der Waals surface area (Å²) in [6.45, 7) is 0.968. The molecule has 0 atom stereocenters. The van der Waals surface area contributed by atoms with Crippen LogP contribution in [0.2, 0.25) is 0 Å². The molecule has 3 nitrogen and oxygen atoms in total. The van der Waals surface area contributed by atoms with Gasteiger partial charge in [-0.1, -0.05) is 42.5 Å². The lowest BCUT2D eigenvalue weighted by molar-refractivity contribution is 0.219. The largest absolute Gasteiger partial charge is 0.490 e. The predicted octanol–water partition coefficient (Wildman–Crippen LogP) is 3.88. The monoisotopic (exact) mass is 279 g/mol. The first-order chi connectivity index (χ1) is 10.3. The molecule has 0 fully saturated rings. The number of rotatable bonds is 5. The third kappa shape index (κ3) is 3.26. The maximum Gasteiger partial charge on any atom is 0.127 e. The van der Waals surface area contributed by atoms with Gasteiger partial charge < -0.3 is 15.2 Å². The maximum atomic E-state index is 5.81. The fourth-order valence-electron chi connectivity index (χ4n) is 2.24. The molecule has 0 aliphatic heterocycles. The van der Waals surface area contributed by atoms with Crippen molar-refractivity contribution in [2.75, 3.05) is 18.9 Å². The molecule has 3 rings (SSSR count). The van der Waals surface area contributed by atoms with Gasteiger partial charge in [-0.15, -0.1) is 0 Å². The minimum Gasteiger partial charge on any atom is -0.490 e. The van der Waals surface area contributed by atoms with Crippen molar-refractivity contribution in [1.82, 2.24) is 0 Å². The molecule has 0 amide bonds. The highest BCUT2D eigenvalue weighted by molar-refractivity contribution is 5.88. The Balaban J connectivity index is 1.60. The van der Waals surface area contributed by atoms with Crippen LogP contribution in [0.3, 0.4) is 0 Å². The Bertz CT molecular complexity index is 735. The zero-order chi connectivity index (χ0) is 14.5. The van der Waals surface area contributed by atoms with Crippen LogP contribution in [-0.4, -0.2) is 13.2 Å². The number of benzene rings is 3. The summed E-state index contributed by atoms with van der Waals surface area (Å²) in [5.74, 6) is 1.64. The topological polar surface area (TPSA) is 44.5 Å². The van der Waals surface area contributed by atoms with E-state index >= 15 is 0 Å². The van der Waals surface area contributed by atoms with Crippen molar-refractivity contribution in [2.45, 2.75) is 0 Å². The molecule has 3 aromatic carbocycles. The Labute approximate surface area is 123 Å². The normalized spacial score (nSPS) is 10.5. The second kappa shape index (κ2) is 6.18. The molecule has 3 aromatic rings. The summed E-state index contributed by atoms with van der Waals surface area (Å²) in [5.41, 5.74) is 6.40. The van der Waals surface area contributed by atoms with Gasteiger partial charge in [0.2, 0.25) is 0 Å². The van der Waals surface area contributed by atoms with Gasteiger partial charge in [0, 0.05) is 17.1 Å². The lowest BCUT2D eigenvalue weighted by atomic mass is 10.1.